The standard InChI is InChI=1S/C7H2F3IN2O5/c8-7(9,10)18-5-3(6(14)15)12-1-2(11)4(5)13(16)17/h1H,(H,14,15). The highest BCUT2D eigenvalue weighted by molar-refractivity contribution is 14.1. The highest BCUT2D eigenvalue weighted by Crippen LogP contribution is 2.37. The highest BCUT2D eigenvalue weighted by atomic mass is 127. The van der Waals surface area contributed by atoms with Gasteiger partial charge in [0.2, 0.25) is 5.75 Å². The van der Waals surface area contributed by atoms with Crippen LogP contribution >= 0.6 is 22.6 Å². The van der Waals surface area contributed by atoms with Gasteiger partial charge in [-0.15, -0.1) is 13.2 Å². The molecule has 0 aromatic carbocycles. The summed E-state index contributed by atoms with van der Waals surface area (Å²) in [6, 6.07) is 0. The number of nitro groups is 1. The molecule has 7 nitrogen and oxygen atoms in total. The largest absolute Gasteiger partial charge is 0.573 e. The van der Waals surface area contributed by atoms with E-state index in [1.807, 2.05) is 0 Å². The number of aromatic carboxylic acids is 1. The average Bonchev–Trinajstić information content (AvgIpc) is 2.13. The van der Waals surface area contributed by atoms with Crippen molar-refractivity contribution in [3.63, 3.8) is 0 Å². The third kappa shape index (κ3) is 3.18. The molecular weight excluding hydrogens is 376 g/mol. The van der Waals surface area contributed by atoms with Gasteiger partial charge in [0, 0.05) is 6.20 Å². The second-order valence-corrected chi connectivity index (χ2v) is 3.90. The Morgan fingerprint density at radius 3 is 2.50 bits per heavy atom. The molecule has 1 aromatic heterocycles. The van der Waals surface area contributed by atoms with Crippen molar-refractivity contribution in [1.82, 2.24) is 4.98 Å². The van der Waals surface area contributed by atoms with Gasteiger partial charge >= 0.3 is 18.0 Å². The van der Waals surface area contributed by atoms with E-state index in [1.165, 1.54) is 22.6 Å². The molecule has 0 radical (unpaired) electrons. The van der Waals surface area contributed by atoms with Gasteiger partial charge in [0.25, 0.3) is 0 Å². The zero-order chi connectivity index (χ0) is 14.1. The fraction of sp³-hybridized carbons (Fsp3) is 0.143. The number of halogens is 4. The Labute approximate surface area is 110 Å². The van der Waals surface area contributed by atoms with Crippen LogP contribution in [0.5, 0.6) is 5.75 Å². The van der Waals surface area contributed by atoms with Crippen molar-refractivity contribution >= 4 is 34.2 Å². The Bertz CT molecular complexity index is 519. The molecule has 0 spiro atoms. The summed E-state index contributed by atoms with van der Waals surface area (Å²) in [5.74, 6) is -3.30. The quantitative estimate of drug-likeness (QED) is 0.492. The third-order valence-corrected chi connectivity index (χ3v) is 2.36. The SMILES string of the molecule is O=C(O)c1ncc(I)c([N+](=O)[O-])c1OC(F)(F)F. The number of alkyl halides is 3. The summed E-state index contributed by atoms with van der Waals surface area (Å²) in [6.07, 6.45) is -4.49. The number of hydrogen-bond acceptors (Lipinski definition) is 5. The lowest BCUT2D eigenvalue weighted by atomic mass is 10.3. The molecule has 98 valence electrons. The van der Waals surface area contributed by atoms with Crippen molar-refractivity contribution < 1.29 is 32.7 Å². The van der Waals surface area contributed by atoms with E-state index in [4.69, 9.17) is 5.11 Å². The maximum atomic E-state index is 12.1. The topological polar surface area (TPSA) is 103 Å². The summed E-state index contributed by atoms with van der Waals surface area (Å²) in [4.78, 5) is 23.3. The molecule has 18 heavy (non-hydrogen) atoms. The van der Waals surface area contributed by atoms with E-state index >= 15 is 0 Å². The van der Waals surface area contributed by atoms with Crippen molar-refractivity contribution in [3.8, 4) is 5.75 Å². The van der Waals surface area contributed by atoms with E-state index < -0.39 is 34.4 Å². The molecule has 11 heteroatoms. The van der Waals surface area contributed by atoms with E-state index in [0.717, 1.165) is 6.20 Å². The normalized spacial score (nSPS) is 11.1. The lowest BCUT2D eigenvalue weighted by molar-refractivity contribution is -0.389. The molecular formula is C7H2F3IN2O5. The van der Waals surface area contributed by atoms with Crippen LogP contribution in [0.25, 0.3) is 0 Å². The molecule has 0 fully saturated rings. The van der Waals surface area contributed by atoms with Crippen molar-refractivity contribution in [1.29, 1.82) is 0 Å². The van der Waals surface area contributed by atoms with Crippen molar-refractivity contribution in [3.05, 3.63) is 25.6 Å². The van der Waals surface area contributed by atoms with Gasteiger partial charge in [0.1, 0.15) is 3.57 Å². The third-order valence-electron chi connectivity index (χ3n) is 1.57. The van der Waals surface area contributed by atoms with Gasteiger partial charge in [-0.25, -0.2) is 9.78 Å². The van der Waals surface area contributed by atoms with E-state index in [1.54, 1.807) is 0 Å². The van der Waals surface area contributed by atoms with Crippen LogP contribution in [0.1, 0.15) is 10.5 Å². The fourth-order valence-corrected chi connectivity index (χ4v) is 1.58. The first kappa shape index (κ1) is 14.4. The molecule has 0 bridgehead atoms. The summed E-state index contributed by atoms with van der Waals surface area (Å²) < 4.78 is 39.4. The van der Waals surface area contributed by atoms with Gasteiger partial charge in [-0.1, -0.05) is 0 Å². The van der Waals surface area contributed by atoms with Crippen molar-refractivity contribution in [2.24, 2.45) is 0 Å². The van der Waals surface area contributed by atoms with Gasteiger partial charge in [-0.05, 0) is 22.6 Å². The number of nitrogens with zero attached hydrogens (tertiary/aromatic N) is 2. The fourth-order valence-electron chi connectivity index (χ4n) is 0.996. The predicted molar refractivity (Wildman–Crippen MR) is 57.3 cm³/mol. The Kier molecular flexibility index (Phi) is 3.93. The summed E-state index contributed by atoms with van der Waals surface area (Å²) >= 11 is 1.35. The second-order valence-electron chi connectivity index (χ2n) is 2.74. The number of hydrogen-bond donors (Lipinski definition) is 1. The van der Waals surface area contributed by atoms with Crippen molar-refractivity contribution in [2.75, 3.05) is 0 Å². The van der Waals surface area contributed by atoms with Crippen LogP contribution in [0.4, 0.5) is 18.9 Å². The van der Waals surface area contributed by atoms with Gasteiger partial charge in [0.05, 0.1) is 4.92 Å². The van der Waals surface area contributed by atoms with E-state index in [0.29, 0.717) is 0 Å². The minimum absolute atomic E-state index is 0.276. The molecule has 0 amide bonds. The van der Waals surface area contributed by atoms with E-state index in [2.05, 4.69) is 9.72 Å². The number of pyridine rings is 1. The Morgan fingerprint density at radius 1 is 1.56 bits per heavy atom. The Balaban J connectivity index is 3.53. The van der Waals surface area contributed by atoms with Crippen LogP contribution in [0.2, 0.25) is 0 Å². The van der Waals surface area contributed by atoms with Crippen LogP contribution in [0.3, 0.4) is 0 Å². The highest BCUT2D eigenvalue weighted by Gasteiger charge is 2.39. The summed E-state index contributed by atoms with van der Waals surface area (Å²) in [7, 11) is 0. The number of carbonyl (C=O) groups is 1. The molecule has 1 N–H and O–H groups in total. The predicted octanol–water partition coefficient (Wildman–Crippen LogP) is 2.19. The minimum Gasteiger partial charge on any atom is -0.476 e. The van der Waals surface area contributed by atoms with Crippen LogP contribution in [-0.4, -0.2) is 27.3 Å². The molecule has 0 unspecified atom stereocenters. The molecule has 0 saturated heterocycles. The molecule has 0 aliphatic carbocycles. The molecule has 0 atom stereocenters. The number of carboxylic acids is 1. The van der Waals surface area contributed by atoms with Crippen LogP contribution in [0, 0.1) is 13.7 Å². The average molecular weight is 378 g/mol. The molecule has 1 rings (SSSR count). The maximum Gasteiger partial charge on any atom is 0.573 e. The van der Waals surface area contributed by atoms with Gasteiger partial charge in [-0.2, -0.15) is 0 Å². The van der Waals surface area contributed by atoms with Crippen LogP contribution in [0.15, 0.2) is 6.20 Å². The first-order valence-electron chi connectivity index (χ1n) is 3.95. The number of ether oxygens (including phenoxy) is 1. The second kappa shape index (κ2) is 4.91. The number of aromatic nitrogens is 1. The molecule has 0 aliphatic heterocycles. The Hall–Kier alpha value is -1.66. The lowest BCUT2D eigenvalue weighted by Gasteiger charge is -2.11. The minimum atomic E-state index is -5.26. The van der Waals surface area contributed by atoms with E-state index in [-0.39, 0.29) is 3.57 Å². The van der Waals surface area contributed by atoms with Gasteiger partial charge < -0.3 is 9.84 Å². The molecule has 0 saturated carbocycles. The smallest absolute Gasteiger partial charge is 0.476 e. The first-order valence-corrected chi connectivity index (χ1v) is 5.03. The van der Waals surface area contributed by atoms with E-state index in [9.17, 15) is 28.1 Å². The summed E-state index contributed by atoms with van der Waals surface area (Å²) in [5.41, 5.74) is -2.28. The lowest BCUT2D eigenvalue weighted by Crippen LogP contribution is -2.21. The molecule has 0 aliphatic rings. The van der Waals surface area contributed by atoms with Crippen molar-refractivity contribution in [2.45, 2.75) is 6.36 Å². The number of rotatable bonds is 3. The summed E-state index contributed by atoms with van der Waals surface area (Å²) in [5, 5.41) is 19.3. The van der Waals surface area contributed by atoms with Crippen LogP contribution in [-0.2, 0) is 0 Å². The van der Waals surface area contributed by atoms with Crippen LogP contribution < -0.4 is 4.74 Å². The molecule has 1 heterocycles. The Morgan fingerprint density at radius 2 is 2.11 bits per heavy atom. The first-order chi connectivity index (χ1) is 8.13. The van der Waals surface area contributed by atoms with Gasteiger partial charge in [-0.3, -0.25) is 10.1 Å². The zero-order valence-corrected chi connectivity index (χ0v) is 10.2. The molecule has 1 aromatic rings. The zero-order valence-electron chi connectivity index (χ0n) is 8.06. The number of carboxylic acid groups (broad SMARTS) is 1. The monoisotopic (exact) mass is 378 g/mol. The maximum absolute atomic E-state index is 12.1. The summed E-state index contributed by atoms with van der Waals surface area (Å²) in [6.45, 7) is 0. The van der Waals surface area contributed by atoms with Gasteiger partial charge in [0.15, 0.2) is 5.69 Å².